The van der Waals surface area contributed by atoms with Gasteiger partial charge in [-0.25, -0.2) is 9.97 Å². The van der Waals surface area contributed by atoms with Gasteiger partial charge in [-0.1, -0.05) is 6.58 Å². The van der Waals surface area contributed by atoms with E-state index >= 15 is 0 Å². The minimum Gasteiger partial charge on any atom is -0.494 e. The number of fused-ring (bicyclic) bond motifs is 1. The second-order valence-electron chi connectivity index (χ2n) is 12.2. The second-order valence-corrected chi connectivity index (χ2v) is 15.4. The summed E-state index contributed by atoms with van der Waals surface area (Å²) < 4.78 is 36.5. The Morgan fingerprint density at radius 2 is 1.77 bits per heavy atom. The first-order chi connectivity index (χ1) is 23.2. The van der Waals surface area contributed by atoms with Gasteiger partial charge in [0.15, 0.2) is 11.5 Å². The van der Waals surface area contributed by atoms with Crippen molar-refractivity contribution in [2.24, 2.45) is 0 Å². The second kappa shape index (κ2) is 14.4. The minimum absolute atomic E-state index is 0.229. The molecule has 3 aliphatic rings. The van der Waals surface area contributed by atoms with E-state index in [2.05, 4.69) is 47.3 Å². The van der Waals surface area contributed by atoms with Gasteiger partial charge in [0.2, 0.25) is 17.8 Å². The number of hydrogen-bond donors (Lipinski definition) is 3. The van der Waals surface area contributed by atoms with Gasteiger partial charge in [-0.05, 0) is 57.4 Å². The summed E-state index contributed by atoms with van der Waals surface area (Å²) in [7, 11) is -1.21. The predicted octanol–water partition coefficient (Wildman–Crippen LogP) is 4.20. The third kappa shape index (κ3) is 7.35. The summed E-state index contributed by atoms with van der Waals surface area (Å²) in [5.74, 6) is 1.70. The summed E-state index contributed by atoms with van der Waals surface area (Å²) in [4.78, 5) is 30.5. The smallest absolute Gasteiger partial charge is 0.247 e. The van der Waals surface area contributed by atoms with Crippen LogP contribution in [0.2, 0.25) is 0 Å². The molecule has 2 saturated heterocycles. The molecular weight excluding hydrogens is 635 g/mol. The van der Waals surface area contributed by atoms with Gasteiger partial charge in [0.1, 0.15) is 32.4 Å². The number of benzene rings is 2. The first kappa shape index (κ1) is 33.5. The maximum absolute atomic E-state index is 13.3. The van der Waals surface area contributed by atoms with E-state index < -0.39 is 7.14 Å². The van der Waals surface area contributed by atoms with Crippen molar-refractivity contribution in [3.05, 3.63) is 43.2 Å². The number of nitrogens with one attached hydrogen (secondary N) is 3. The molecule has 0 bridgehead atoms. The van der Waals surface area contributed by atoms with Gasteiger partial charge in [-0.3, -0.25) is 9.69 Å². The molecule has 0 radical (unpaired) electrons. The number of methoxy groups -OCH3 is 1. The lowest BCUT2D eigenvalue weighted by atomic mass is 9.98. The van der Waals surface area contributed by atoms with E-state index in [1.165, 1.54) is 12.4 Å². The SMILES string of the molecule is C=CC(=O)Nc1cc(Nc2ncnc(Nc3ccc4c(c3P(C)(C)=O)OCCO4)n2)c(OC)cc1N1CCC(N2CC(OCC)C2)CC1. The molecular formula is C33H43N8O6P. The summed E-state index contributed by atoms with van der Waals surface area (Å²) in [6.07, 6.45) is 4.97. The molecule has 0 spiro atoms. The number of carbonyl (C=O) groups is 1. The molecule has 3 aliphatic heterocycles. The first-order valence-corrected chi connectivity index (χ1v) is 18.7. The number of likely N-dealkylation sites (tertiary alicyclic amines) is 1. The van der Waals surface area contributed by atoms with Gasteiger partial charge >= 0.3 is 0 Å². The highest BCUT2D eigenvalue weighted by Crippen LogP contribution is 2.46. The van der Waals surface area contributed by atoms with E-state index in [1.54, 1.807) is 32.6 Å². The zero-order valence-corrected chi connectivity index (χ0v) is 28.7. The Balaban J connectivity index is 1.22. The zero-order valence-electron chi connectivity index (χ0n) is 27.8. The fourth-order valence-corrected chi connectivity index (χ4v) is 7.73. The third-order valence-electron chi connectivity index (χ3n) is 8.65. The Morgan fingerprint density at radius 3 is 2.44 bits per heavy atom. The Labute approximate surface area is 280 Å². The molecule has 3 aromatic rings. The van der Waals surface area contributed by atoms with Crippen LogP contribution in [0.15, 0.2) is 43.2 Å². The first-order valence-electron chi connectivity index (χ1n) is 16.1. The Kier molecular flexibility index (Phi) is 10.0. The topological polar surface area (TPSA) is 152 Å². The highest BCUT2D eigenvalue weighted by molar-refractivity contribution is 7.70. The van der Waals surface area contributed by atoms with Crippen molar-refractivity contribution >= 4 is 53.0 Å². The van der Waals surface area contributed by atoms with Crippen molar-refractivity contribution in [2.45, 2.75) is 31.9 Å². The van der Waals surface area contributed by atoms with Crippen LogP contribution >= 0.6 is 7.14 Å². The fraction of sp³-hybridized carbons (Fsp3) is 0.455. The number of ether oxygens (including phenoxy) is 4. The largest absolute Gasteiger partial charge is 0.494 e. The molecule has 256 valence electrons. The minimum atomic E-state index is -2.80. The number of anilines is 6. The Morgan fingerprint density at radius 1 is 1.06 bits per heavy atom. The number of hydrogen-bond acceptors (Lipinski definition) is 13. The van der Waals surface area contributed by atoms with Gasteiger partial charge in [-0.15, -0.1) is 0 Å². The van der Waals surface area contributed by atoms with Gasteiger partial charge < -0.3 is 44.4 Å². The molecule has 0 aliphatic carbocycles. The van der Waals surface area contributed by atoms with Crippen molar-refractivity contribution in [1.82, 2.24) is 19.9 Å². The fourth-order valence-electron chi connectivity index (χ4n) is 6.36. The molecule has 1 amide bonds. The number of carbonyl (C=O) groups excluding carboxylic acids is 1. The molecule has 0 unspecified atom stereocenters. The molecule has 48 heavy (non-hydrogen) atoms. The lowest BCUT2D eigenvalue weighted by Crippen LogP contribution is -2.58. The summed E-state index contributed by atoms with van der Waals surface area (Å²) in [5, 5.41) is 9.89. The van der Waals surface area contributed by atoms with Crippen LogP contribution in [0.3, 0.4) is 0 Å². The van der Waals surface area contributed by atoms with E-state index in [9.17, 15) is 9.36 Å². The highest BCUT2D eigenvalue weighted by atomic mass is 31.2. The molecule has 2 aromatic carbocycles. The van der Waals surface area contributed by atoms with Crippen LogP contribution in [0.1, 0.15) is 19.8 Å². The summed E-state index contributed by atoms with van der Waals surface area (Å²) >= 11 is 0. The van der Waals surface area contributed by atoms with Crippen molar-refractivity contribution in [3.8, 4) is 17.2 Å². The van der Waals surface area contributed by atoms with Crippen LogP contribution in [0.4, 0.5) is 34.6 Å². The van der Waals surface area contributed by atoms with E-state index in [0.29, 0.717) is 65.0 Å². The van der Waals surface area contributed by atoms with Crippen LogP contribution < -0.4 is 40.4 Å². The molecule has 2 fully saturated rings. The molecule has 0 atom stereocenters. The maximum Gasteiger partial charge on any atom is 0.247 e. The lowest BCUT2D eigenvalue weighted by Gasteiger charge is -2.47. The number of aromatic nitrogens is 3. The number of nitrogens with zero attached hydrogens (tertiary/aromatic N) is 5. The van der Waals surface area contributed by atoms with Crippen LogP contribution in [0.25, 0.3) is 0 Å². The molecule has 1 aromatic heterocycles. The monoisotopic (exact) mass is 678 g/mol. The van der Waals surface area contributed by atoms with Crippen LogP contribution in [-0.2, 0) is 14.1 Å². The quantitative estimate of drug-likeness (QED) is 0.186. The molecule has 3 N–H and O–H groups in total. The molecule has 6 rings (SSSR count). The average molecular weight is 679 g/mol. The normalized spacial score (nSPS) is 17.0. The highest BCUT2D eigenvalue weighted by Gasteiger charge is 2.35. The number of amides is 1. The molecule has 14 nitrogen and oxygen atoms in total. The van der Waals surface area contributed by atoms with Crippen molar-refractivity contribution in [2.75, 3.05) is 87.3 Å². The van der Waals surface area contributed by atoms with Crippen LogP contribution in [-0.4, -0.2) is 104 Å². The maximum atomic E-state index is 13.3. The van der Waals surface area contributed by atoms with Gasteiger partial charge in [-0.2, -0.15) is 4.98 Å². The van der Waals surface area contributed by atoms with Crippen LogP contribution in [0, 0.1) is 0 Å². The van der Waals surface area contributed by atoms with Crippen molar-refractivity contribution in [1.29, 1.82) is 0 Å². The number of piperidine rings is 1. The molecule has 4 heterocycles. The van der Waals surface area contributed by atoms with Crippen molar-refractivity contribution in [3.63, 3.8) is 0 Å². The third-order valence-corrected chi connectivity index (χ3v) is 10.2. The zero-order chi connectivity index (χ0) is 33.8. The van der Waals surface area contributed by atoms with E-state index in [-0.39, 0.29) is 17.8 Å². The van der Waals surface area contributed by atoms with Gasteiger partial charge in [0.05, 0.1) is 41.3 Å². The molecule has 0 saturated carbocycles. The van der Waals surface area contributed by atoms with Crippen LogP contribution in [0.5, 0.6) is 17.2 Å². The average Bonchev–Trinajstić information content (AvgIpc) is 3.06. The number of rotatable bonds is 12. The van der Waals surface area contributed by atoms with Gasteiger partial charge in [0, 0.05) is 44.9 Å². The Bertz CT molecular complexity index is 1700. The summed E-state index contributed by atoms with van der Waals surface area (Å²) in [6, 6.07) is 7.79. The van der Waals surface area contributed by atoms with Gasteiger partial charge in [0.25, 0.3) is 0 Å². The van der Waals surface area contributed by atoms with E-state index in [0.717, 1.165) is 51.3 Å². The Hall–Kier alpha value is -4.39. The van der Waals surface area contributed by atoms with E-state index in [1.807, 2.05) is 19.1 Å². The lowest BCUT2D eigenvalue weighted by molar-refractivity contribution is -0.111. The van der Waals surface area contributed by atoms with E-state index in [4.69, 9.17) is 18.9 Å². The predicted molar refractivity (Wildman–Crippen MR) is 187 cm³/mol. The van der Waals surface area contributed by atoms with Crippen molar-refractivity contribution < 1.29 is 28.3 Å². The molecule has 15 heteroatoms. The summed E-state index contributed by atoms with van der Waals surface area (Å²) in [5.41, 5.74) is 2.56. The summed E-state index contributed by atoms with van der Waals surface area (Å²) in [6.45, 7) is 14.2. The standard InChI is InChI=1S/C33H43N8O6P/c1-6-29(42)36-24-16-25(28(44-3)17-26(24)40-12-10-21(11-13-40)41-18-22(19-41)45-7-2)38-33-35-20-34-32(39-33)37-23-8-9-27-30(47-15-14-46-27)31(23)48(4,5)43/h6,8-9,16-17,20-22H,1,7,10-15,18-19H2,2-5H3,(H,36,42)(H2,34,35,37,38,39).